The Morgan fingerprint density at radius 3 is 2.44 bits per heavy atom. The summed E-state index contributed by atoms with van der Waals surface area (Å²) in [6, 6.07) is 0. The smallest absolute Gasteiger partial charge is 0.337 e. The lowest BCUT2D eigenvalue weighted by atomic mass is 10.1. The highest BCUT2D eigenvalue weighted by Gasteiger charge is 2.17. The third-order valence-electron chi connectivity index (χ3n) is 2.45. The van der Waals surface area contributed by atoms with Gasteiger partial charge in [0.1, 0.15) is 0 Å². The van der Waals surface area contributed by atoms with Crippen LogP contribution in [0.5, 0.6) is 0 Å². The van der Waals surface area contributed by atoms with E-state index in [2.05, 4.69) is 24.7 Å². The molecule has 0 heterocycles. The summed E-state index contributed by atoms with van der Waals surface area (Å²) in [5, 5.41) is 8.94. The molecule has 0 fully saturated rings. The van der Waals surface area contributed by atoms with Crippen LogP contribution in [0.3, 0.4) is 0 Å². The average Bonchev–Trinajstić information content (AvgIpc) is 2.33. The average molecular weight is 256 g/mol. The topological polar surface area (TPSA) is 55.8 Å². The van der Waals surface area contributed by atoms with E-state index in [1.165, 1.54) is 18.3 Å². The summed E-state index contributed by atoms with van der Waals surface area (Å²) >= 11 is 0. The number of aliphatic hydroxyl groups excluding tert-OH is 1. The predicted molar refractivity (Wildman–Crippen MR) is 71.3 cm³/mol. The molecule has 18 heavy (non-hydrogen) atoms. The van der Waals surface area contributed by atoms with Crippen LogP contribution in [0, 0.1) is 0 Å². The van der Waals surface area contributed by atoms with E-state index in [1.54, 1.807) is 0 Å². The van der Waals surface area contributed by atoms with Crippen molar-refractivity contribution in [1.29, 1.82) is 0 Å². The Morgan fingerprint density at radius 1 is 1.28 bits per heavy atom. The van der Waals surface area contributed by atoms with Crippen LogP contribution in [-0.2, 0) is 14.3 Å². The number of hydrogen-bond donors (Lipinski definition) is 1. The van der Waals surface area contributed by atoms with Crippen molar-refractivity contribution in [2.75, 3.05) is 20.3 Å². The summed E-state index contributed by atoms with van der Waals surface area (Å²) in [7, 11) is 1.27. The molecule has 0 aliphatic rings. The standard InChI is InChI=1S/C14H24O4/c1-11(2)6-5-7-12(3)8-9-18-13(10-15)14(16)17-4/h6,8,13,15H,5,7,9-10H2,1-4H3/b12-8-/t13-/m1/s1. The first-order valence-corrected chi connectivity index (χ1v) is 6.10. The fraction of sp³-hybridized carbons (Fsp3) is 0.643. The molecule has 104 valence electrons. The minimum atomic E-state index is -0.892. The van der Waals surface area contributed by atoms with Crippen molar-refractivity contribution in [3.05, 3.63) is 23.3 Å². The number of ether oxygens (including phenoxy) is 2. The van der Waals surface area contributed by atoms with E-state index in [4.69, 9.17) is 9.84 Å². The maximum atomic E-state index is 11.1. The second-order valence-corrected chi connectivity index (χ2v) is 4.40. The van der Waals surface area contributed by atoms with Gasteiger partial charge in [0.05, 0.1) is 20.3 Å². The summed E-state index contributed by atoms with van der Waals surface area (Å²) in [6.45, 7) is 6.11. The van der Waals surface area contributed by atoms with Crippen molar-refractivity contribution in [2.24, 2.45) is 0 Å². The molecule has 0 aromatic carbocycles. The Balaban J connectivity index is 3.98. The van der Waals surface area contributed by atoms with Crippen LogP contribution >= 0.6 is 0 Å². The van der Waals surface area contributed by atoms with Gasteiger partial charge in [0.2, 0.25) is 0 Å². The first-order chi connectivity index (χ1) is 8.51. The van der Waals surface area contributed by atoms with Crippen LogP contribution < -0.4 is 0 Å². The zero-order chi connectivity index (χ0) is 14.0. The van der Waals surface area contributed by atoms with Gasteiger partial charge in [-0.05, 0) is 33.6 Å². The molecule has 0 aromatic rings. The van der Waals surface area contributed by atoms with E-state index >= 15 is 0 Å². The number of carbonyl (C=O) groups excluding carboxylic acids is 1. The van der Waals surface area contributed by atoms with Crippen molar-refractivity contribution in [2.45, 2.75) is 39.7 Å². The Morgan fingerprint density at radius 2 is 1.94 bits per heavy atom. The SMILES string of the molecule is COC(=O)[C@@H](CO)OC/C=C(/C)CCC=C(C)C. The van der Waals surface area contributed by atoms with Gasteiger partial charge >= 0.3 is 5.97 Å². The van der Waals surface area contributed by atoms with E-state index in [0.717, 1.165) is 12.8 Å². The first-order valence-electron chi connectivity index (χ1n) is 6.10. The fourth-order valence-electron chi connectivity index (χ4n) is 1.32. The molecule has 0 aromatic heterocycles. The summed E-state index contributed by atoms with van der Waals surface area (Å²) in [4.78, 5) is 11.1. The minimum absolute atomic E-state index is 0.307. The van der Waals surface area contributed by atoms with E-state index in [-0.39, 0.29) is 6.61 Å². The highest BCUT2D eigenvalue weighted by Crippen LogP contribution is 2.07. The number of carbonyl (C=O) groups is 1. The zero-order valence-electron chi connectivity index (χ0n) is 11.7. The third-order valence-corrected chi connectivity index (χ3v) is 2.45. The lowest BCUT2D eigenvalue weighted by molar-refractivity contribution is -0.155. The van der Waals surface area contributed by atoms with Crippen molar-refractivity contribution >= 4 is 5.97 Å². The summed E-state index contributed by atoms with van der Waals surface area (Å²) in [6.07, 6.45) is 5.19. The molecule has 0 radical (unpaired) electrons. The van der Waals surface area contributed by atoms with E-state index in [0.29, 0.717) is 6.61 Å². The molecule has 4 heteroatoms. The summed E-state index contributed by atoms with van der Waals surface area (Å²) < 4.78 is 9.73. The monoisotopic (exact) mass is 256 g/mol. The molecule has 1 atom stereocenters. The normalized spacial score (nSPS) is 13.1. The highest BCUT2D eigenvalue weighted by molar-refractivity contribution is 5.74. The molecule has 0 unspecified atom stereocenters. The summed E-state index contributed by atoms with van der Waals surface area (Å²) in [5.74, 6) is -0.548. The number of rotatable bonds is 8. The van der Waals surface area contributed by atoms with Gasteiger partial charge in [-0.2, -0.15) is 0 Å². The summed E-state index contributed by atoms with van der Waals surface area (Å²) in [5.41, 5.74) is 2.51. The lowest BCUT2D eigenvalue weighted by Gasteiger charge is -2.11. The molecule has 0 rings (SSSR count). The Bertz CT molecular complexity index is 301. The van der Waals surface area contributed by atoms with Gasteiger partial charge in [-0.25, -0.2) is 4.79 Å². The van der Waals surface area contributed by atoms with Crippen molar-refractivity contribution in [3.63, 3.8) is 0 Å². The van der Waals surface area contributed by atoms with E-state index in [9.17, 15) is 4.79 Å². The molecule has 0 amide bonds. The maximum absolute atomic E-state index is 11.1. The van der Waals surface area contributed by atoms with Gasteiger partial charge in [0, 0.05) is 0 Å². The predicted octanol–water partition coefficient (Wildman–Crippen LogP) is 2.23. The van der Waals surface area contributed by atoms with Crippen LogP contribution in [-0.4, -0.2) is 37.5 Å². The largest absolute Gasteiger partial charge is 0.467 e. The van der Waals surface area contributed by atoms with Crippen molar-refractivity contribution < 1.29 is 19.4 Å². The maximum Gasteiger partial charge on any atom is 0.337 e. The van der Waals surface area contributed by atoms with Crippen LogP contribution in [0.1, 0.15) is 33.6 Å². The molecule has 0 saturated carbocycles. The lowest BCUT2D eigenvalue weighted by Crippen LogP contribution is -2.29. The van der Waals surface area contributed by atoms with Crippen LogP contribution in [0.4, 0.5) is 0 Å². The van der Waals surface area contributed by atoms with E-state index < -0.39 is 12.1 Å². The minimum Gasteiger partial charge on any atom is -0.467 e. The number of aliphatic hydroxyl groups is 1. The number of allylic oxidation sites excluding steroid dienone is 3. The van der Waals surface area contributed by atoms with Crippen LogP contribution in [0.2, 0.25) is 0 Å². The van der Waals surface area contributed by atoms with Gasteiger partial charge in [-0.15, -0.1) is 0 Å². The van der Waals surface area contributed by atoms with Gasteiger partial charge in [-0.3, -0.25) is 0 Å². The van der Waals surface area contributed by atoms with Crippen LogP contribution in [0.15, 0.2) is 23.3 Å². The molecule has 0 saturated heterocycles. The molecule has 0 bridgehead atoms. The Labute approximate surface area is 109 Å². The molecule has 0 spiro atoms. The Kier molecular flexibility index (Phi) is 9.24. The Hall–Kier alpha value is -1.13. The van der Waals surface area contributed by atoms with Gasteiger partial charge in [-0.1, -0.05) is 23.3 Å². The first kappa shape index (κ1) is 16.9. The van der Waals surface area contributed by atoms with Gasteiger partial charge in [0.25, 0.3) is 0 Å². The van der Waals surface area contributed by atoms with Gasteiger partial charge < -0.3 is 14.6 Å². The van der Waals surface area contributed by atoms with E-state index in [1.807, 2.05) is 13.0 Å². The molecular formula is C14H24O4. The number of methoxy groups -OCH3 is 1. The van der Waals surface area contributed by atoms with Crippen molar-refractivity contribution in [3.8, 4) is 0 Å². The second kappa shape index (κ2) is 9.85. The molecule has 4 nitrogen and oxygen atoms in total. The third kappa shape index (κ3) is 8.03. The fourth-order valence-corrected chi connectivity index (χ4v) is 1.32. The number of hydrogen-bond acceptors (Lipinski definition) is 4. The molecule has 0 aliphatic heterocycles. The van der Waals surface area contributed by atoms with Gasteiger partial charge in [0.15, 0.2) is 6.10 Å². The molecular weight excluding hydrogens is 232 g/mol. The molecule has 0 aliphatic carbocycles. The quantitative estimate of drug-likeness (QED) is 0.534. The van der Waals surface area contributed by atoms with Crippen molar-refractivity contribution in [1.82, 2.24) is 0 Å². The van der Waals surface area contributed by atoms with Crippen LogP contribution in [0.25, 0.3) is 0 Å². The second-order valence-electron chi connectivity index (χ2n) is 4.40. The molecule has 1 N–H and O–H groups in total. The highest BCUT2D eigenvalue weighted by atomic mass is 16.6. The number of esters is 1. The zero-order valence-corrected chi connectivity index (χ0v) is 11.7.